The highest BCUT2D eigenvalue weighted by molar-refractivity contribution is 5.72. The number of fused-ring (bicyclic) bond motifs is 1. The maximum Gasteiger partial charge on any atom is 0.329 e. The molecule has 4 aromatic rings. The average Bonchev–Trinajstić information content (AvgIpc) is 2.96. The number of nitrogens with one attached hydrogen (secondary N) is 1. The molecule has 1 unspecified atom stereocenters. The number of rotatable bonds is 3. The molecule has 25 heavy (non-hydrogen) atoms. The molecule has 124 valence electrons. The van der Waals surface area contributed by atoms with Crippen molar-refractivity contribution in [2.75, 3.05) is 5.73 Å². The number of aromatic amines is 1. The third-order valence-corrected chi connectivity index (χ3v) is 4.28. The molecule has 2 aromatic carbocycles. The van der Waals surface area contributed by atoms with Crippen LogP contribution in [0.15, 0.2) is 65.6 Å². The van der Waals surface area contributed by atoms with Crippen molar-refractivity contribution >= 4 is 17.0 Å². The van der Waals surface area contributed by atoms with Gasteiger partial charge in [-0.15, -0.1) is 0 Å². The molecule has 0 amide bonds. The van der Waals surface area contributed by atoms with Gasteiger partial charge in [0.1, 0.15) is 0 Å². The van der Waals surface area contributed by atoms with Gasteiger partial charge < -0.3 is 5.73 Å². The largest absolute Gasteiger partial charge is 0.399 e. The predicted octanol–water partition coefficient (Wildman–Crippen LogP) is 2.98. The Kier molecular flexibility index (Phi) is 3.57. The molecule has 0 saturated carbocycles. The van der Waals surface area contributed by atoms with Crippen molar-refractivity contribution in [3.63, 3.8) is 0 Å². The maximum atomic E-state index is 12.5. The Morgan fingerprint density at radius 2 is 1.92 bits per heavy atom. The van der Waals surface area contributed by atoms with E-state index < -0.39 is 0 Å². The van der Waals surface area contributed by atoms with E-state index in [0.29, 0.717) is 22.7 Å². The summed E-state index contributed by atoms with van der Waals surface area (Å²) in [4.78, 5) is 24.3. The molecule has 2 aromatic heterocycles. The summed E-state index contributed by atoms with van der Waals surface area (Å²) < 4.78 is 1.63. The number of H-pyrrole nitrogens is 1. The SMILES string of the molecule is CC(c1ccccc1)n1c(=O)[nH]c2ncc(-c3cccc(N)c3)nc21. The maximum absolute atomic E-state index is 12.5. The summed E-state index contributed by atoms with van der Waals surface area (Å²) in [5.41, 5.74) is 9.86. The molecular weight excluding hydrogens is 314 g/mol. The van der Waals surface area contributed by atoms with Crippen LogP contribution in [0.2, 0.25) is 0 Å². The monoisotopic (exact) mass is 331 g/mol. The molecule has 0 aliphatic rings. The van der Waals surface area contributed by atoms with Crippen LogP contribution in [0.25, 0.3) is 22.6 Å². The van der Waals surface area contributed by atoms with Gasteiger partial charge in [0.05, 0.1) is 17.9 Å². The van der Waals surface area contributed by atoms with Crippen LogP contribution >= 0.6 is 0 Å². The molecule has 0 spiro atoms. The van der Waals surface area contributed by atoms with E-state index in [1.165, 1.54) is 0 Å². The van der Waals surface area contributed by atoms with Gasteiger partial charge in [0, 0.05) is 11.3 Å². The van der Waals surface area contributed by atoms with E-state index in [2.05, 4.69) is 15.0 Å². The zero-order valence-electron chi connectivity index (χ0n) is 13.7. The molecule has 0 aliphatic carbocycles. The van der Waals surface area contributed by atoms with E-state index in [-0.39, 0.29) is 11.7 Å². The molecule has 0 saturated heterocycles. The number of benzene rings is 2. The van der Waals surface area contributed by atoms with E-state index >= 15 is 0 Å². The Bertz CT molecular complexity index is 1100. The number of hydrogen-bond donors (Lipinski definition) is 2. The van der Waals surface area contributed by atoms with Gasteiger partial charge in [0.2, 0.25) is 0 Å². The topological polar surface area (TPSA) is 89.6 Å². The first-order valence-electron chi connectivity index (χ1n) is 8.01. The molecule has 0 bridgehead atoms. The van der Waals surface area contributed by atoms with Gasteiger partial charge in [-0.25, -0.2) is 14.8 Å². The summed E-state index contributed by atoms with van der Waals surface area (Å²) in [6.07, 6.45) is 1.64. The third-order valence-electron chi connectivity index (χ3n) is 4.28. The Labute approximate surface area is 144 Å². The fourth-order valence-corrected chi connectivity index (χ4v) is 2.97. The predicted molar refractivity (Wildman–Crippen MR) is 98.3 cm³/mol. The summed E-state index contributed by atoms with van der Waals surface area (Å²) in [5, 5.41) is 0. The highest BCUT2D eigenvalue weighted by atomic mass is 16.1. The fraction of sp³-hybridized carbons (Fsp3) is 0.105. The van der Waals surface area contributed by atoms with Gasteiger partial charge in [0.15, 0.2) is 11.3 Å². The first-order chi connectivity index (χ1) is 12.1. The lowest BCUT2D eigenvalue weighted by atomic mass is 10.1. The minimum Gasteiger partial charge on any atom is -0.399 e. The van der Waals surface area contributed by atoms with Crippen LogP contribution < -0.4 is 11.4 Å². The van der Waals surface area contributed by atoms with Gasteiger partial charge in [-0.05, 0) is 24.6 Å². The van der Waals surface area contributed by atoms with Gasteiger partial charge in [0.25, 0.3) is 0 Å². The highest BCUT2D eigenvalue weighted by Gasteiger charge is 2.17. The molecule has 1 atom stereocenters. The zero-order chi connectivity index (χ0) is 17.4. The number of hydrogen-bond acceptors (Lipinski definition) is 4. The van der Waals surface area contributed by atoms with Gasteiger partial charge in [-0.3, -0.25) is 9.55 Å². The molecule has 2 heterocycles. The van der Waals surface area contributed by atoms with Crippen LogP contribution in [0.5, 0.6) is 0 Å². The van der Waals surface area contributed by atoms with E-state index in [1.54, 1.807) is 10.8 Å². The smallest absolute Gasteiger partial charge is 0.329 e. The lowest BCUT2D eigenvalue weighted by Crippen LogP contribution is -2.21. The van der Waals surface area contributed by atoms with E-state index in [1.807, 2.05) is 61.5 Å². The lowest BCUT2D eigenvalue weighted by molar-refractivity contribution is 0.631. The van der Waals surface area contributed by atoms with Gasteiger partial charge in [-0.1, -0.05) is 42.5 Å². The van der Waals surface area contributed by atoms with Crippen molar-refractivity contribution in [1.82, 2.24) is 19.5 Å². The number of nitrogen functional groups attached to an aromatic ring is 1. The lowest BCUT2D eigenvalue weighted by Gasteiger charge is -2.13. The number of imidazole rings is 1. The summed E-state index contributed by atoms with van der Waals surface area (Å²) in [7, 11) is 0. The van der Waals surface area contributed by atoms with E-state index in [0.717, 1.165) is 11.1 Å². The first kappa shape index (κ1) is 15.1. The van der Waals surface area contributed by atoms with Crippen molar-refractivity contribution in [3.8, 4) is 11.3 Å². The standard InChI is InChI=1S/C19H17N5O/c1-12(13-6-3-2-4-7-13)24-18-17(23-19(24)25)21-11-16(22-18)14-8-5-9-15(20)10-14/h2-12H,20H2,1H3,(H,21,23,25). The summed E-state index contributed by atoms with van der Waals surface area (Å²) >= 11 is 0. The average molecular weight is 331 g/mol. The minimum atomic E-state index is -0.226. The van der Waals surface area contributed by atoms with E-state index in [9.17, 15) is 4.79 Å². The van der Waals surface area contributed by atoms with Crippen molar-refractivity contribution in [1.29, 1.82) is 0 Å². The second kappa shape index (κ2) is 5.90. The summed E-state index contributed by atoms with van der Waals surface area (Å²) in [5.74, 6) is 0. The van der Waals surface area contributed by atoms with Crippen LogP contribution in [0.3, 0.4) is 0 Å². The van der Waals surface area contributed by atoms with Crippen molar-refractivity contribution < 1.29 is 0 Å². The van der Waals surface area contributed by atoms with E-state index in [4.69, 9.17) is 5.73 Å². The molecule has 0 fully saturated rings. The number of aromatic nitrogens is 4. The summed E-state index contributed by atoms with van der Waals surface area (Å²) in [6.45, 7) is 1.97. The molecule has 6 heteroatoms. The molecule has 3 N–H and O–H groups in total. The van der Waals surface area contributed by atoms with Crippen molar-refractivity contribution in [2.45, 2.75) is 13.0 Å². The van der Waals surface area contributed by atoms with Crippen LogP contribution in [-0.2, 0) is 0 Å². The molecule has 6 nitrogen and oxygen atoms in total. The van der Waals surface area contributed by atoms with Crippen molar-refractivity contribution in [2.24, 2.45) is 0 Å². The number of nitrogens with two attached hydrogens (primary N) is 1. The fourth-order valence-electron chi connectivity index (χ4n) is 2.97. The Morgan fingerprint density at radius 1 is 1.12 bits per heavy atom. The zero-order valence-corrected chi connectivity index (χ0v) is 13.7. The van der Waals surface area contributed by atoms with Crippen LogP contribution in [0.4, 0.5) is 5.69 Å². The van der Waals surface area contributed by atoms with Gasteiger partial charge in [-0.2, -0.15) is 0 Å². The Hall–Kier alpha value is -3.41. The Balaban J connectivity index is 1.89. The molecular formula is C19H17N5O. The van der Waals surface area contributed by atoms with Crippen molar-refractivity contribution in [3.05, 3.63) is 76.8 Å². The molecule has 0 aliphatic heterocycles. The van der Waals surface area contributed by atoms with Crippen LogP contribution in [-0.4, -0.2) is 19.5 Å². The first-order valence-corrected chi connectivity index (χ1v) is 8.01. The third kappa shape index (κ3) is 2.67. The normalized spacial score (nSPS) is 12.4. The second-order valence-electron chi connectivity index (χ2n) is 5.94. The van der Waals surface area contributed by atoms with Crippen LogP contribution in [0.1, 0.15) is 18.5 Å². The molecule has 0 radical (unpaired) electrons. The number of anilines is 1. The quantitative estimate of drug-likeness (QED) is 0.565. The second-order valence-corrected chi connectivity index (χ2v) is 5.94. The van der Waals surface area contributed by atoms with Crippen LogP contribution in [0, 0.1) is 0 Å². The highest BCUT2D eigenvalue weighted by Crippen LogP contribution is 2.23. The van der Waals surface area contributed by atoms with Gasteiger partial charge >= 0.3 is 5.69 Å². The number of nitrogens with zero attached hydrogens (tertiary/aromatic N) is 3. The summed E-state index contributed by atoms with van der Waals surface area (Å²) in [6, 6.07) is 17.1. The minimum absolute atomic E-state index is 0.159. The Morgan fingerprint density at radius 3 is 2.68 bits per heavy atom. The molecule has 4 rings (SSSR count).